The highest BCUT2D eigenvalue weighted by Crippen LogP contribution is 2.16. The van der Waals surface area contributed by atoms with Crippen LogP contribution in [0.2, 0.25) is 0 Å². The highest BCUT2D eigenvalue weighted by molar-refractivity contribution is 4.77. The molecule has 1 N–H and O–H groups in total. The molecule has 0 bridgehead atoms. The molecule has 1 rings (SSSR count). The summed E-state index contributed by atoms with van der Waals surface area (Å²) >= 11 is 0. The van der Waals surface area contributed by atoms with Gasteiger partial charge in [0.1, 0.15) is 0 Å². The molecule has 84 valence electrons. The number of rotatable bonds is 6. The first-order valence-electron chi connectivity index (χ1n) is 5.65. The van der Waals surface area contributed by atoms with Crippen LogP contribution in [0.3, 0.4) is 0 Å². The summed E-state index contributed by atoms with van der Waals surface area (Å²) in [4.78, 5) is 0. The summed E-state index contributed by atoms with van der Waals surface area (Å²) < 4.78 is 10.7. The van der Waals surface area contributed by atoms with Gasteiger partial charge in [-0.25, -0.2) is 0 Å². The van der Waals surface area contributed by atoms with E-state index in [0.717, 1.165) is 26.4 Å². The predicted octanol–water partition coefficient (Wildman–Crippen LogP) is 1.43. The molecule has 0 radical (unpaired) electrons. The van der Waals surface area contributed by atoms with E-state index in [1.807, 2.05) is 6.92 Å². The quantitative estimate of drug-likeness (QED) is 0.705. The lowest BCUT2D eigenvalue weighted by Gasteiger charge is -2.23. The van der Waals surface area contributed by atoms with Gasteiger partial charge in [-0.1, -0.05) is 0 Å². The average Bonchev–Trinajstić information content (AvgIpc) is 2.67. The Morgan fingerprint density at radius 1 is 1.50 bits per heavy atom. The molecule has 1 heterocycles. The first kappa shape index (κ1) is 12.0. The molecule has 0 amide bonds. The van der Waals surface area contributed by atoms with Gasteiger partial charge in [0.25, 0.3) is 0 Å². The fourth-order valence-corrected chi connectivity index (χ4v) is 1.87. The average molecular weight is 201 g/mol. The number of hydrogen-bond donors (Lipinski definition) is 1. The van der Waals surface area contributed by atoms with Gasteiger partial charge in [0.15, 0.2) is 0 Å². The van der Waals surface area contributed by atoms with Gasteiger partial charge < -0.3 is 14.8 Å². The van der Waals surface area contributed by atoms with E-state index < -0.39 is 0 Å². The van der Waals surface area contributed by atoms with E-state index in [2.05, 4.69) is 19.2 Å². The van der Waals surface area contributed by atoms with Crippen molar-refractivity contribution in [2.45, 2.75) is 39.3 Å². The van der Waals surface area contributed by atoms with Gasteiger partial charge in [-0.2, -0.15) is 0 Å². The second kappa shape index (κ2) is 6.38. The summed E-state index contributed by atoms with van der Waals surface area (Å²) in [6, 6.07) is 0.971. The van der Waals surface area contributed by atoms with Crippen molar-refractivity contribution in [3.8, 4) is 0 Å². The van der Waals surface area contributed by atoms with Crippen LogP contribution in [0, 0.1) is 5.92 Å². The van der Waals surface area contributed by atoms with E-state index in [1.165, 1.54) is 6.42 Å². The Morgan fingerprint density at radius 2 is 2.29 bits per heavy atom. The van der Waals surface area contributed by atoms with Gasteiger partial charge >= 0.3 is 0 Å². The van der Waals surface area contributed by atoms with Crippen LogP contribution < -0.4 is 5.32 Å². The third kappa shape index (κ3) is 3.95. The standard InChI is InChI=1S/C11H23NO2/c1-4-13-7-9(2)12-10(3)11-5-6-14-8-11/h9-12H,4-8H2,1-3H3. The Morgan fingerprint density at radius 3 is 2.86 bits per heavy atom. The molecule has 3 nitrogen and oxygen atoms in total. The van der Waals surface area contributed by atoms with E-state index in [-0.39, 0.29) is 0 Å². The lowest BCUT2D eigenvalue weighted by Crippen LogP contribution is -2.42. The lowest BCUT2D eigenvalue weighted by molar-refractivity contribution is 0.118. The van der Waals surface area contributed by atoms with Crippen molar-refractivity contribution in [3.05, 3.63) is 0 Å². The molecule has 0 saturated carbocycles. The van der Waals surface area contributed by atoms with Crippen LogP contribution >= 0.6 is 0 Å². The van der Waals surface area contributed by atoms with E-state index in [4.69, 9.17) is 9.47 Å². The topological polar surface area (TPSA) is 30.5 Å². The largest absolute Gasteiger partial charge is 0.381 e. The van der Waals surface area contributed by atoms with Crippen molar-refractivity contribution >= 4 is 0 Å². The summed E-state index contributed by atoms with van der Waals surface area (Å²) in [7, 11) is 0. The van der Waals surface area contributed by atoms with Crippen LogP contribution in [0.15, 0.2) is 0 Å². The molecule has 3 atom stereocenters. The maximum atomic E-state index is 5.37. The zero-order valence-electron chi connectivity index (χ0n) is 9.58. The molecule has 3 unspecified atom stereocenters. The van der Waals surface area contributed by atoms with Gasteiger partial charge in [-0.15, -0.1) is 0 Å². The van der Waals surface area contributed by atoms with Crippen LogP contribution in [0.25, 0.3) is 0 Å². The third-order valence-corrected chi connectivity index (χ3v) is 2.79. The van der Waals surface area contributed by atoms with E-state index in [1.54, 1.807) is 0 Å². The van der Waals surface area contributed by atoms with E-state index in [9.17, 15) is 0 Å². The van der Waals surface area contributed by atoms with E-state index in [0.29, 0.717) is 18.0 Å². The minimum atomic E-state index is 0.436. The molecule has 1 fully saturated rings. The summed E-state index contributed by atoms with van der Waals surface area (Å²) in [5, 5.41) is 3.55. The number of ether oxygens (including phenoxy) is 2. The normalized spacial score (nSPS) is 26.4. The van der Waals surface area contributed by atoms with Crippen molar-refractivity contribution in [2.75, 3.05) is 26.4 Å². The van der Waals surface area contributed by atoms with Crippen LogP contribution in [-0.2, 0) is 9.47 Å². The first-order valence-corrected chi connectivity index (χ1v) is 5.65. The minimum absolute atomic E-state index is 0.436. The number of nitrogens with one attached hydrogen (secondary N) is 1. The van der Waals surface area contributed by atoms with Gasteiger partial charge in [0, 0.05) is 25.3 Å². The van der Waals surface area contributed by atoms with Crippen LogP contribution in [0.4, 0.5) is 0 Å². The van der Waals surface area contributed by atoms with Gasteiger partial charge in [-0.05, 0) is 33.1 Å². The summed E-state index contributed by atoms with van der Waals surface area (Å²) in [5.41, 5.74) is 0. The molecular formula is C11H23NO2. The number of hydrogen-bond acceptors (Lipinski definition) is 3. The smallest absolute Gasteiger partial charge is 0.0616 e. The molecule has 0 aromatic carbocycles. The van der Waals surface area contributed by atoms with Crippen LogP contribution in [0.5, 0.6) is 0 Å². The lowest BCUT2D eigenvalue weighted by atomic mass is 10.0. The molecular weight excluding hydrogens is 178 g/mol. The summed E-state index contributed by atoms with van der Waals surface area (Å²) in [5.74, 6) is 0.680. The Kier molecular flexibility index (Phi) is 5.45. The SMILES string of the molecule is CCOCC(C)NC(C)C1CCOC1. The maximum absolute atomic E-state index is 5.37. The Balaban J connectivity index is 2.14. The van der Waals surface area contributed by atoms with Gasteiger partial charge in [-0.3, -0.25) is 0 Å². The molecule has 1 aliphatic rings. The molecule has 0 spiro atoms. The molecule has 0 aromatic rings. The van der Waals surface area contributed by atoms with Crippen molar-refractivity contribution in [1.29, 1.82) is 0 Å². The fraction of sp³-hybridized carbons (Fsp3) is 1.00. The fourth-order valence-electron chi connectivity index (χ4n) is 1.87. The first-order chi connectivity index (χ1) is 6.74. The molecule has 14 heavy (non-hydrogen) atoms. The monoisotopic (exact) mass is 201 g/mol. The molecule has 0 aliphatic carbocycles. The zero-order valence-corrected chi connectivity index (χ0v) is 9.58. The zero-order chi connectivity index (χ0) is 10.4. The molecule has 3 heteroatoms. The Hall–Kier alpha value is -0.120. The van der Waals surface area contributed by atoms with E-state index >= 15 is 0 Å². The molecule has 1 saturated heterocycles. The third-order valence-electron chi connectivity index (χ3n) is 2.79. The Bertz CT molecular complexity index is 146. The predicted molar refractivity (Wildman–Crippen MR) is 57.5 cm³/mol. The van der Waals surface area contributed by atoms with Crippen molar-refractivity contribution in [3.63, 3.8) is 0 Å². The summed E-state index contributed by atoms with van der Waals surface area (Å²) in [6.45, 7) is 9.87. The van der Waals surface area contributed by atoms with Crippen molar-refractivity contribution in [2.24, 2.45) is 5.92 Å². The van der Waals surface area contributed by atoms with Crippen LogP contribution in [-0.4, -0.2) is 38.5 Å². The highest BCUT2D eigenvalue weighted by atomic mass is 16.5. The van der Waals surface area contributed by atoms with Crippen molar-refractivity contribution in [1.82, 2.24) is 5.32 Å². The van der Waals surface area contributed by atoms with Crippen LogP contribution in [0.1, 0.15) is 27.2 Å². The highest BCUT2D eigenvalue weighted by Gasteiger charge is 2.22. The molecule has 0 aromatic heterocycles. The Labute approximate surface area is 87.2 Å². The second-order valence-electron chi connectivity index (χ2n) is 4.14. The van der Waals surface area contributed by atoms with Crippen molar-refractivity contribution < 1.29 is 9.47 Å². The van der Waals surface area contributed by atoms with Gasteiger partial charge in [0.2, 0.25) is 0 Å². The maximum Gasteiger partial charge on any atom is 0.0616 e. The second-order valence-corrected chi connectivity index (χ2v) is 4.14. The summed E-state index contributed by atoms with van der Waals surface area (Å²) in [6.07, 6.45) is 1.19. The molecule has 1 aliphatic heterocycles. The minimum Gasteiger partial charge on any atom is -0.381 e. The van der Waals surface area contributed by atoms with Gasteiger partial charge in [0.05, 0.1) is 13.2 Å².